The third-order valence-electron chi connectivity index (χ3n) is 4.15. The fraction of sp³-hybridized carbons (Fsp3) is 0.200. The minimum atomic E-state index is -0.335. The first-order valence-corrected chi connectivity index (χ1v) is 8.40. The first kappa shape index (κ1) is 19.1. The van der Waals surface area contributed by atoms with Gasteiger partial charge in [-0.1, -0.05) is 0 Å². The summed E-state index contributed by atoms with van der Waals surface area (Å²) in [5, 5.41) is 9.77. The first-order chi connectivity index (χ1) is 13.6. The minimum Gasteiger partial charge on any atom is -0.497 e. The fourth-order valence-electron chi connectivity index (χ4n) is 2.70. The number of nitrogens with one attached hydrogen (secondary N) is 2. The molecule has 146 valence electrons. The van der Waals surface area contributed by atoms with Crippen LogP contribution in [-0.2, 0) is 0 Å². The highest BCUT2D eigenvalue weighted by atomic mass is 16.5. The predicted octanol–water partition coefficient (Wildman–Crippen LogP) is 3.36. The summed E-state index contributed by atoms with van der Waals surface area (Å²) in [6.07, 6.45) is 0. The monoisotopic (exact) mass is 383 g/mol. The topological polar surface area (TPSA) is 94.7 Å². The third-order valence-corrected chi connectivity index (χ3v) is 4.15. The quantitative estimate of drug-likeness (QED) is 0.650. The van der Waals surface area contributed by atoms with E-state index in [4.69, 9.17) is 18.9 Å². The number of rotatable bonds is 7. The molecule has 0 radical (unpaired) electrons. The van der Waals surface area contributed by atoms with Gasteiger partial charge in [0.25, 0.3) is 5.91 Å². The zero-order chi connectivity index (χ0) is 20.1. The molecule has 1 aromatic heterocycles. The second-order valence-corrected chi connectivity index (χ2v) is 5.76. The lowest BCUT2D eigenvalue weighted by molar-refractivity contribution is 0.102. The molecule has 0 fully saturated rings. The summed E-state index contributed by atoms with van der Waals surface area (Å²) in [5.41, 5.74) is 2.20. The van der Waals surface area contributed by atoms with Crippen molar-refractivity contribution in [2.75, 3.05) is 33.8 Å². The molecule has 0 spiro atoms. The summed E-state index contributed by atoms with van der Waals surface area (Å²) in [6, 6.07) is 12.2. The van der Waals surface area contributed by atoms with Gasteiger partial charge in [-0.15, -0.1) is 0 Å². The molecule has 2 aromatic carbocycles. The van der Waals surface area contributed by atoms with E-state index < -0.39 is 0 Å². The van der Waals surface area contributed by atoms with Crippen molar-refractivity contribution >= 4 is 11.6 Å². The molecule has 3 rings (SSSR count). The molecule has 8 heteroatoms. The Balaban J connectivity index is 1.81. The molecule has 0 saturated carbocycles. The number of hydrogen-bond donors (Lipinski definition) is 2. The van der Waals surface area contributed by atoms with Crippen molar-refractivity contribution in [2.24, 2.45) is 0 Å². The van der Waals surface area contributed by atoms with Crippen molar-refractivity contribution in [3.63, 3.8) is 0 Å². The summed E-state index contributed by atoms with van der Waals surface area (Å²) in [5.74, 6) is 2.03. The Morgan fingerprint density at radius 2 is 1.61 bits per heavy atom. The number of amides is 1. The van der Waals surface area contributed by atoms with Crippen LogP contribution in [0.4, 0.5) is 5.69 Å². The van der Waals surface area contributed by atoms with Crippen LogP contribution in [0.2, 0.25) is 0 Å². The van der Waals surface area contributed by atoms with Crippen LogP contribution >= 0.6 is 0 Å². The molecule has 0 bridgehead atoms. The summed E-state index contributed by atoms with van der Waals surface area (Å²) >= 11 is 0. The number of ether oxygens (including phenoxy) is 4. The van der Waals surface area contributed by atoms with Gasteiger partial charge in [0.05, 0.1) is 34.1 Å². The van der Waals surface area contributed by atoms with E-state index in [-0.39, 0.29) is 5.91 Å². The highest BCUT2D eigenvalue weighted by Crippen LogP contribution is 2.33. The molecule has 8 nitrogen and oxygen atoms in total. The number of aromatic nitrogens is 2. The van der Waals surface area contributed by atoms with Gasteiger partial charge in [0, 0.05) is 23.4 Å². The molecule has 1 heterocycles. The van der Waals surface area contributed by atoms with Crippen molar-refractivity contribution in [1.82, 2.24) is 10.2 Å². The van der Waals surface area contributed by atoms with Crippen LogP contribution in [0.1, 0.15) is 10.5 Å². The molecule has 2 N–H and O–H groups in total. The molecule has 0 aliphatic carbocycles. The fourth-order valence-corrected chi connectivity index (χ4v) is 2.70. The summed E-state index contributed by atoms with van der Waals surface area (Å²) in [6.45, 7) is 0. The van der Waals surface area contributed by atoms with E-state index in [0.29, 0.717) is 40.1 Å². The number of hydrogen-bond acceptors (Lipinski definition) is 6. The predicted molar refractivity (Wildman–Crippen MR) is 105 cm³/mol. The van der Waals surface area contributed by atoms with E-state index in [0.717, 1.165) is 5.56 Å². The molecule has 0 saturated heterocycles. The van der Waals surface area contributed by atoms with E-state index in [1.165, 1.54) is 7.11 Å². The summed E-state index contributed by atoms with van der Waals surface area (Å²) in [4.78, 5) is 12.6. The van der Waals surface area contributed by atoms with Crippen LogP contribution in [-0.4, -0.2) is 44.5 Å². The van der Waals surface area contributed by atoms with Crippen LogP contribution in [0, 0.1) is 0 Å². The van der Waals surface area contributed by atoms with Crippen molar-refractivity contribution in [3.8, 4) is 34.3 Å². The van der Waals surface area contributed by atoms with Gasteiger partial charge in [-0.3, -0.25) is 9.89 Å². The smallest absolute Gasteiger partial charge is 0.273 e. The lowest BCUT2D eigenvalue weighted by Gasteiger charge is -2.10. The van der Waals surface area contributed by atoms with Crippen molar-refractivity contribution in [3.05, 3.63) is 48.2 Å². The number of carbonyl (C=O) groups excluding carboxylic acids is 1. The number of nitrogens with zero attached hydrogens (tertiary/aromatic N) is 1. The van der Waals surface area contributed by atoms with E-state index in [1.54, 1.807) is 57.7 Å². The average molecular weight is 383 g/mol. The molecular weight excluding hydrogens is 362 g/mol. The number of methoxy groups -OCH3 is 4. The second kappa shape index (κ2) is 8.34. The Morgan fingerprint density at radius 1 is 0.857 bits per heavy atom. The Morgan fingerprint density at radius 3 is 2.29 bits per heavy atom. The van der Waals surface area contributed by atoms with Crippen molar-refractivity contribution in [2.45, 2.75) is 0 Å². The van der Waals surface area contributed by atoms with Gasteiger partial charge in [0.2, 0.25) is 0 Å². The summed E-state index contributed by atoms with van der Waals surface area (Å²) in [7, 11) is 6.23. The number of benzene rings is 2. The number of anilines is 1. The zero-order valence-electron chi connectivity index (χ0n) is 16.0. The SMILES string of the molecule is COc1ccc(-c2cc(C(=O)Nc3ccc(OC)c(OC)c3)[nH]n2)c(OC)c1. The maximum Gasteiger partial charge on any atom is 0.273 e. The lowest BCUT2D eigenvalue weighted by Crippen LogP contribution is -2.12. The van der Waals surface area contributed by atoms with Gasteiger partial charge < -0.3 is 24.3 Å². The third kappa shape index (κ3) is 3.85. The Bertz CT molecular complexity index is 984. The Kier molecular flexibility index (Phi) is 5.69. The Labute approximate surface area is 162 Å². The first-order valence-electron chi connectivity index (χ1n) is 8.40. The van der Waals surface area contributed by atoms with Crippen LogP contribution in [0.5, 0.6) is 23.0 Å². The highest BCUT2D eigenvalue weighted by Gasteiger charge is 2.15. The van der Waals surface area contributed by atoms with Crippen molar-refractivity contribution < 1.29 is 23.7 Å². The molecule has 0 atom stereocenters. The maximum atomic E-state index is 12.6. The minimum absolute atomic E-state index is 0.308. The van der Waals surface area contributed by atoms with Crippen LogP contribution in [0.3, 0.4) is 0 Å². The number of H-pyrrole nitrogens is 1. The summed E-state index contributed by atoms with van der Waals surface area (Å²) < 4.78 is 21.0. The van der Waals surface area contributed by atoms with Gasteiger partial charge in [-0.25, -0.2) is 0 Å². The van der Waals surface area contributed by atoms with Gasteiger partial charge in [-0.05, 0) is 30.3 Å². The molecule has 3 aromatic rings. The van der Waals surface area contributed by atoms with E-state index in [1.807, 2.05) is 6.07 Å². The molecule has 0 aliphatic rings. The molecule has 1 amide bonds. The normalized spacial score (nSPS) is 10.3. The van der Waals surface area contributed by atoms with E-state index >= 15 is 0 Å². The highest BCUT2D eigenvalue weighted by molar-refractivity contribution is 6.03. The lowest BCUT2D eigenvalue weighted by atomic mass is 10.1. The van der Waals surface area contributed by atoms with Crippen LogP contribution < -0.4 is 24.3 Å². The van der Waals surface area contributed by atoms with Crippen molar-refractivity contribution in [1.29, 1.82) is 0 Å². The average Bonchev–Trinajstić information content (AvgIpc) is 3.23. The maximum absolute atomic E-state index is 12.6. The van der Waals surface area contributed by atoms with Gasteiger partial charge in [0.1, 0.15) is 17.2 Å². The van der Waals surface area contributed by atoms with Gasteiger partial charge in [0.15, 0.2) is 11.5 Å². The number of carbonyl (C=O) groups is 1. The second-order valence-electron chi connectivity index (χ2n) is 5.76. The molecular formula is C20H21N3O5. The largest absolute Gasteiger partial charge is 0.497 e. The van der Waals surface area contributed by atoms with E-state index in [2.05, 4.69) is 15.5 Å². The molecule has 28 heavy (non-hydrogen) atoms. The van der Waals surface area contributed by atoms with Gasteiger partial charge >= 0.3 is 0 Å². The zero-order valence-corrected chi connectivity index (χ0v) is 16.0. The van der Waals surface area contributed by atoms with E-state index in [9.17, 15) is 4.79 Å². The van der Waals surface area contributed by atoms with Crippen LogP contribution in [0.15, 0.2) is 42.5 Å². The molecule has 0 aliphatic heterocycles. The van der Waals surface area contributed by atoms with Crippen LogP contribution in [0.25, 0.3) is 11.3 Å². The standard InChI is InChI=1S/C20H21N3O5/c1-25-13-6-7-14(18(10-13)27-3)15-11-16(23-22-15)20(24)21-12-5-8-17(26-2)19(9-12)28-4/h5-11H,1-4H3,(H,21,24)(H,22,23). The molecule has 0 unspecified atom stereocenters. The number of aromatic amines is 1. The van der Waals surface area contributed by atoms with Gasteiger partial charge in [-0.2, -0.15) is 5.10 Å². The Hall–Kier alpha value is -3.68.